The van der Waals surface area contributed by atoms with Crippen molar-refractivity contribution in [3.63, 3.8) is 0 Å². The number of aromatic nitrogens is 3. The Morgan fingerprint density at radius 2 is 2.28 bits per heavy atom. The number of hydrogen-bond donors (Lipinski definition) is 1. The van der Waals surface area contributed by atoms with E-state index in [0.717, 1.165) is 22.9 Å². The van der Waals surface area contributed by atoms with E-state index in [1.165, 1.54) is 5.75 Å². The molecule has 1 aliphatic rings. The average molecular weight is 280 g/mol. The van der Waals surface area contributed by atoms with Gasteiger partial charge in [-0.15, -0.1) is 11.8 Å². The van der Waals surface area contributed by atoms with E-state index in [-0.39, 0.29) is 0 Å². The van der Waals surface area contributed by atoms with E-state index in [9.17, 15) is 0 Å². The van der Waals surface area contributed by atoms with Gasteiger partial charge >= 0.3 is 0 Å². The Hall–Kier alpha value is -1.21. The van der Waals surface area contributed by atoms with Crippen molar-refractivity contribution < 1.29 is 4.52 Å². The Morgan fingerprint density at radius 3 is 3.00 bits per heavy atom. The van der Waals surface area contributed by atoms with Crippen LogP contribution < -0.4 is 5.73 Å². The molecule has 2 N–H and O–H groups in total. The smallest absolute Gasteiger partial charge is 0.259 e. The van der Waals surface area contributed by atoms with Crippen molar-refractivity contribution >= 4 is 29.3 Å². The molecule has 1 saturated heterocycles. The Kier molecular flexibility index (Phi) is 3.42. The van der Waals surface area contributed by atoms with Gasteiger partial charge in [-0.25, -0.2) is 4.98 Å². The van der Waals surface area contributed by atoms with Crippen LogP contribution in [0.5, 0.6) is 0 Å². The van der Waals surface area contributed by atoms with E-state index < -0.39 is 0 Å². The van der Waals surface area contributed by atoms with Gasteiger partial charge in [0.25, 0.3) is 5.89 Å². The number of nitrogens with two attached hydrogens (primary N) is 1. The summed E-state index contributed by atoms with van der Waals surface area (Å²) in [6.45, 7) is 0. The second kappa shape index (κ2) is 5.19. The Bertz CT molecular complexity index is 522. The second-order valence-corrected chi connectivity index (χ2v) is 6.32. The number of anilines is 1. The highest BCUT2D eigenvalue weighted by Gasteiger charge is 2.22. The summed E-state index contributed by atoms with van der Waals surface area (Å²) in [6, 6.07) is 3.56. The van der Waals surface area contributed by atoms with E-state index in [2.05, 4.69) is 15.1 Å². The van der Waals surface area contributed by atoms with Gasteiger partial charge in [-0.2, -0.15) is 16.7 Å². The molecule has 2 aromatic heterocycles. The van der Waals surface area contributed by atoms with Crippen LogP contribution in [0.1, 0.15) is 11.1 Å². The SMILES string of the molecule is Nc1ccc(-c2nc(C3CSCCS3)no2)cn1. The summed E-state index contributed by atoms with van der Waals surface area (Å²) < 4.78 is 5.28. The van der Waals surface area contributed by atoms with E-state index in [1.807, 2.05) is 29.6 Å². The van der Waals surface area contributed by atoms with E-state index in [0.29, 0.717) is 17.0 Å². The van der Waals surface area contributed by atoms with Crippen molar-refractivity contribution in [1.82, 2.24) is 15.1 Å². The largest absolute Gasteiger partial charge is 0.384 e. The van der Waals surface area contributed by atoms with Gasteiger partial charge in [0.2, 0.25) is 0 Å². The number of thioether (sulfide) groups is 2. The summed E-state index contributed by atoms with van der Waals surface area (Å²) in [5.41, 5.74) is 6.35. The maximum atomic E-state index is 5.54. The van der Waals surface area contributed by atoms with Gasteiger partial charge in [-0.1, -0.05) is 5.16 Å². The number of rotatable bonds is 2. The lowest BCUT2D eigenvalue weighted by Gasteiger charge is -2.16. The summed E-state index contributed by atoms with van der Waals surface area (Å²) in [4.78, 5) is 8.46. The molecule has 0 radical (unpaired) electrons. The first-order valence-corrected chi connectivity index (χ1v) is 7.78. The van der Waals surface area contributed by atoms with Gasteiger partial charge in [0.05, 0.1) is 10.8 Å². The molecule has 3 rings (SSSR count). The quantitative estimate of drug-likeness (QED) is 0.903. The van der Waals surface area contributed by atoms with Gasteiger partial charge in [0.15, 0.2) is 5.82 Å². The lowest BCUT2D eigenvalue weighted by molar-refractivity contribution is 0.423. The fourth-order valence-electron chi connectivity index (χ4n) is 1.65. The molecular weight excluding hydrogens is 268 g/mol. The summed E-state index contributed by atoms with van der Waals surface area (Å²) in [6.07, 6.45) is 1.65. The van der Waals surface area contributed by atoms with Gasteiger partial charge in [-0.05, 0) is 12.1 Å². The number of nitrogens with zero attached hydrogens (tertiary/aromatic N) is 3. The van der Waals surface area contributed by atoms with Crippen LogP contribution in [0, 0.1) is 0 Å². The van der Waals surface area contributed by atoms with Crippen LogP contribution >= 0.6 is 23.5 Å². The molecule has 1 aliphatic heterocycles. The topological polar surface area (TPSA) is 77.8 Å². The molecule has 1 unspecified atom stereocenters. The van der Waals surface area contributed by atoms with Crippen LogP contribution in [-0.4, -0.2) is 32.4 Å². The highest BCUT2D eigenvalue weighted by atomic mass is 32.2. The third kappa shape index (κ3) is 2.46. The monoisotopic (exact) mass is 280 g/mol. The fraction of sp³-hybridized carbons (Fsp3) is 0.364. The zero-order chi connectivity index (χ0) is 12.4. The van der Waals surface area contributed by atoms with Crippen molar-refractivity contribution in [2.45, 2.75) is 5.25 Å². The molecule has 2 aromatic rings. The molecule has 5 nitrogen and oxygen atoms in total. The summed E-state index contributed by atoms with van der Waals surface area (Å²) >= 11 is 3.82. The fourth-order valence-corrected chi connectivity index (χ4v) is 4.24. The zero-order valence-corrected chi connectivity index (χ0v) is 11.2. The van der Waals surface area contributed by atoms with Crippen LogP contribution in [0.4, 0.5) is 5.82 Å². The first kappa shape index (κ1) is 11.9. The van der Waals surface area contributed by atoms with E-state index >= 15 is 0 Å². The Morgan fingerprint density at radius 1 is 1.33 bits per heavy atom. The lowest BCUT2D eigenvalue weighted by Crippen LogP contribution is -2.07. The molecule has 0 spiro atoms. The van der Waals surface area contributed by atoms with Crippen LogP contribution in [0.15, 0.2) is 22.9 Å². The summed E-state index contributed by atoms with van der Waals surface area (Å²) in [7, 11) is 0. The molecule has 1 fully saturated rings. The van der Waals surface area contributed by atoms with Crippen molar-refractivity contribution in [2.75, 3.05) is 23.0 Å². The van der Waals surface area contributed by atoms with E-state index in [4.69, 9.17) is 10.3 Å². The Labute approximate surface area is 113 Å². The molecule has 7 heteroatoms. The predicted octanol–water partition coefficient (Wildman–Crippen LogP) is 2.23. The molecule has 0 aliphatic carbocycles. The van der Waals surface area contributed by atoms with Crippen molar-refractivity contribution in [1.29, 1.82) is 0 Å². The van der Waals surface area contributed by atoms with Gasteiger partial charge in [0, 0.05) is 23.5 Å². The first-order valence-electron chi connectivity index (χ1n) is 5.58. The molecule has 3 heterocycles. The van der Waals surface area contributed by atoms with Crippen molar-refractivity contribution in [3.05, 3.63) is 24.2 Å². The predicted molar refractivity (Wildman–Crippen MR) is 74.5 cm³/mol. The van der Waals surface area contributed by atoms with Gasteiger partial charge in [-0.3, -0.25) is 0 Å². The number of nitrogen functional groups attached to an aromatic ring is 1. The molecule has 1 atom stereocenters. The van der Waals surface area contributed by atoms with Gasteiger partial charge in [0.1, 0.15) is 5.82 Å². The summed E-state index contributed by atoms with van der Waals surface area (Å²) in [5.74, 6) is 5.16. The second-order valence-electron chi connectivity index (χ2n) is 3.86. The average Bonchev–Trinajstić information content (AvgIpc) is 2.90. The minimum Gasteiger partial charge on any atom is -0.384 e. The molecule has 0 bridgehead atoms. The molecule has 0 aromatic carbocycles. The molecule has 0 amide bonds. The maximum absolute atomic E-state index is 5.54. The Balaban J connectivity index is 1.82. The van der Waals surface area contributed by atoms with Crippen molar-refractivity contribution in [2.24, 2.45) is 0 Å². The van der Waals surface area contributed by atoms with Crippen LogP contribution in [0.3, 0.4) is 0 Å². The number of hydrogen-bond acceptors (Lipinski definition) is 7. The highest BCUT2D eigenvalue weighted by molar-refractivity contribution is 8.06. The zero-order valence-electron chi connectivity index (χ0n) is 9.57. The summed E-state index contributed by atoms with van der Waals surface area (Å²) in [5, 5.41) is 4.40. The van der Waals surface area contributed by atoms with Gasteiger partial charge < -0.3 is 10.3 Å². The van der Waals surface area contributed by atoms with Crippen LogP contribution in [0.25, 0.3) is 11.5 Å². The molecule has 18 heavy (non-hydrogen) atoms. The van der Waals surface area contributed by atoms with E-state index in [1.54, 1.807) is 12.3 Å². The maximum Gasteiger partial charge on any atom is 0.259 e. The van der Waals surface area contributed by atoms with Crippen molar-refractivity contribution in [3.8, 4) is 11.5 Å². The van der Waals surface area contributed by atoms with Crippen LogP contribution in [-0.2, 0) is 0 Å². The third-order valence-corrected chi connectivity index (χ3v) is 5.33. The minimum absolute atomic E-state index is 0.336. The number of pyridine rings is 1. The molecule has 94 valence electrons. The normalized spacial score (nSPS) is 19.9. The molecular formula is C11H12N4OS2. The highest BCUT2D eigenvalue weighted by Crippen LogP contribution is 2.35. The van der Waals surface area contributed by atoms with Crippen LogP contribution in [0.2, 0.25) is 0 Å². The third-order valence-electron chi connectivity index (χ3n) is 2.58. The molecule has 0 saturated carbocycles. The standard InChI is InChI=1S/C11H12N4OS2/c12-9-2-1-7(5-13-9)11-14-10(15-16-11)8-6-17-3-4-18-8/h1-2,5,8H,3-4,6H2,(H2,12,13). The lowest BCUT2D eigenvalue weighted by atomic mass is 10.3. The first-order chi connectivity index (χ1) is 8.83. The minimum atomic E-state index is 0.336.